The van der Waals surface area contributed by atoms with Gasteiger partial charge in [0, 0.05) is 32.2 Å². The van der Waals surface area contributed by atoms with E-state index in [0.717, 1.165) is 26.2 Å². The van der Waals surface area contributed by atoms with Crippen LogP contribution >= 0.6 is 0 Å². The smallest absolute Gasteiger partial charge is 0.0753 e. The zero-order valence-corrected chi connectivity index (χ0v) is 13.9. The zero-order valence-electron chi connectivity index (χ0n) is 13.9. The fourth-order valence-electron chi connectivity index (χ4n) is 3.07. The predicted octanol–water partition coefficient (Wildman–Crippen LogP) is 2.90. The average molecular weight is 270 g/mol. The Kier molecular flexibility index (Phi) is 6.28. The second-order valence-electron chi connectivity index (χ2n) is 7.42. The van der Waals surface area contributed by atoms with Crippen molar-refractivity contribution in [1.29, 1.82) is 0 Å². The molecule has 0 aromatic carbocycles. The molecule has 0 radical (unpaired) electrons. The zero-order chi connectivity index (χ0) is 14.5. The Morgan fingerprint density at radius 3 is 2.58 bits per heavy atom. The first-order chi connectivity index (χ1) is 8.76. The van der Waals surface area contributed by atoms with Crippen LogP contribution in [-0.4, -0.2) is 49.3 Å². The summed E-state index contributed by atoms with van der Waals surface area (Å²) in [5.74, 6) is 0. The summed E-state index contributed by atoms with van der Waals surface area (Å²) in [6, 6.07) is 0.567. The topological polar surface area (TPSA) is 24.5 Å². The van der Waals surface area contributed by atoms with Gasteiger partial charge < -0.3 is 10.1 Å². The van der Waals surface area contributed by atoms with Crippen LogP contribution in [0.3, 0.4) is 0 Å². The van der Waals surface area contributed by atoms with Crippen molar-refractivity contribution in [2.24, 2.45) is 5.41 Å². The molecular formula is C16H34N2O. The first-order valence-corrected chi connectivity index (χ1v) is 7.86. The van der Waals surface area contributed by atoms with E-state index >= 15 is 0 Å². The van der Waals surface area contributed by atoms with Gasteiger partial charge in [0.15, 0.2) is 0 Å². The lowest BCUT2D eigenvalue weighted by molar-refractivity contribution is -0.0939. The van der Waals surface area contributed by atoms with E-state index in [9.17, 15) is 0 Å². The summed E-state index contributed by atoms with van der Waals surface area (Å²) >= 11 is 0. The van der Waals surface area contributed by atoms with Crippen LogP contribution in [-0.2, 0) is 4.74 Å². The Balaban J connectivity index is 2.56. The van der Waals surface area contributed by atoms with Crippen LogP contribution in [0.1, 0.15) is 54.4 Å². The van der Waals surface area contributed by atoms with Crippen molar-refractivity contribution >= 4 is 0 Å². The predicted molar refractivity (Wildman–Crippen MR) is 82.6 cm³/mol. The highest BCUT2D eigenvalue weighted by Crippen LogP contribution is 2.27. The van der Waals surface area contributed by atoms with Crippen molar-refractivity contribution in [1.82, 2.24) is 10.2 Å². The molecule has 1 N–H and O–H groups in total. The van der Waals surface area contributed by atoms with Crippen LogP contribution in [0.2, 0.25) is 0 Å². The Hall–Kier alpha value is -0.120. The maximum absolute atomic E-state index is 5.81. The maximum atomic E-state index is 5.81. The molecule has 114 valence electrons. The number of hydrogen-bond donors (Lipinski definition) is 1. The second kappa shape index (κ2) is 7.05. The van der Waals surface area contributed by atoms with Crippen LogP contribution in [0, 0.1) is 5.41 Å². The summed E-state index contributed by atoms with van der Waals surface area (Å²) < 4.78 is 5.81. The highest BCUT2D eigenvalue weighted by molar-refractivity contribution is 4.86. The third-order valence-electron chi connectivity index (χ3n) is 3.90. The quantitative estimate of drug-likeness (QED) is 0.770. The number of nitrogens with one attached hydrogen (secondary N) is 1. The lowest BCUT2D eigenvalue weighted by Crippen LogP contribution is -2.53. The molecule has 1 atom stereocenters. The Labute approximate surface area is 120 Å². The van der Waals surface area contributed by atoms with E-state index in [1.165, 1.54) is 19.4 Å². The molecule has 0 aromatic heterocycles. The SMILES string of the molecule is CCCC(C)(CNC(C)C)CN1CCOC(C)(C)C1. The summed E-state index contributed by atoms with van der Waals surface area (Å²) in [6.45, 7) is 18.8. The van der Waals surface area contributed by atoms with E-state index in [0.29, 0.717) is 11.5 Å². The van der Waals surface area contributed by atoms with Crippen LogP contribution in [0.4, 0.5) is 0 Å². The first-order valence-electron chi connectivity index (χ1n) is 7.86. The number of nitrogens with zero attached hydrogens (tertiary/aromatic N) is 1. The first kappa shape index (κ1) is 16.9. The van der Waals surface area contributed by atoms with Gasteiger partial charge in [-0.1, -0.05) is 34.1 Å². The molecule has 0 bridgehead atoms. The molecule has 1 aliphatic heterocycles. The van der Waals surface area contributed by atoms with E-state index in [1.54, 1.807) is 0 Å². The Bertz CT molecular complexity index is 265. The molecule has 1 heterocycles. The Morgan fingerprint density at radius 1 is 1.37 bits per heavy atom. The maximum Gasteiger partial charge on any atom is 0.0753 e. The fraction of sp³-hybridized carbons (Fsp3) is 1.00. The van der Waals surface area contributed by atoms with Crippen molar-refractivity contribution in [3.63, 3.8) is 0 Å². The van der Waals surface area contributed by atoms with Gasteiger partial charge in [0.25, 0.3) is 0 Å². The normalized spacial score (nSPS) is 23.5. The van der Waals surface area contributed by atoms with E-state index in [-0.39, 0.29) is 5.60 Å². The molecule has 0 aromatic rings. The van der Waals surface area contributed by atoms with Gasteiger partial charge in [0.05, 0.1) is 12.2 Å². The van der Waals surface area contributed by atoms with Crippen LogP contribution in [0.25, 0.3) is 0 Å². The molecule has 0 spiro atoms. The molecule has 0 saturated carbocycles. The van der Waals surface area contributed by atoms with Crippen LogP contribution < -0.4 is 5.32 Å². The summed E-state index contributed by atoms with van der Waals surface area (Å²) in [6.07, 6.45) is 2.54. The minimum atomic E-state index is 0.0108. The minimum absolute atomic E-state index is 0.0108. The lowest BCUT2D eigenvalue weighted by Gasteiger charge is -2.43. The van der Waals surface area contributed by atoms with Gasteiger partial charge in [-0.05, 0) is 25.7 Å². The van der Waals surface area contributed by atoms with Gasteiger partial charge >= 0.3 is 0 Å². The number of hydrogen-bond acceptors (Lipinski definition) is 3. The van der Waals surface area contributed by atoms with Gasteiger partial charge in [0.2, 0.25) is 0 Å². The highest BCUT2D eigenvalue weighted by Gasteiger charge is 2.32. The van der Waals surface area contributed by atoms with Crippen molar-refractivity contribution in [3.05, 3.63) is 0 Å². The van der Waals surface area contributed by atoms with Gasteiger partial charge in [-0.15, -0.1) is 0 Å². The Morgan fingerprint density at radius 2 is 2.05 bits per heavy atom. The van der Waals surface area contributed by atoms with Crippen LogP contribution in [0.15, 0.2) is 0 Å². The van der Waals surface area contributed by atoms with Gasteiger partial charge in [-0.3, -0.25) is 4.90 Å². The van der Waals surface area contributed by atoms with E-state index in [1.807, 2.05) is 0 Å². The summed E-state index contributed by atoms with van der Waals surface area (Å²) in [5, 5.41) is 3.62. The molecule has 19 heavy (non-hydrogen) atoms. The third kappa shape index (κ3) is 6.24. The van der Waals surface area contributed by atoms with E-state index in [4.69, 9.17) is 4.74 Å². The fourth-order valence-corrected chi connectivity index (χ4v) is 3.07. The van der Waals surface area contributed by atoms with Crippen LogP contribution in [0.5, 0.6) is 0 Å². The van der Waals surface area contributed by atoms with Crippen molar-refractivity contribution in [2.45, 2.75) is 66.0 Å². The average Bonchev–Trinajstić information content (AvgIpc) is 2.25. The molecule has 1 rings (SSSR count). The highest BCUT2D eigenvalue weighted by atomic mass is 16.5. The summed E-state index contributed by atoms with van der Waals surface area (Å²) in [5.41, 5.74) is 0.378. The van der Waals surface area contributed by atoms with Gasteiger partial charge in [-0.2, -0.15) is 0 Å². The molecular weight excluding hydrogens is 236 g/mol. The molecule has 3 heteroatoms. The van der Waals surface area contributed by atoms with Crippen molar-refractivity contribution < 1.29 is 4.74 Å². The van der Waals surface area contributed by atoms with Gasteiger partial charge in [0.1, 0.15) is 0 Å². The van der Waals surface area contributed by atoms with E-state index in [2.05, 4.69) is 51.8 Å². The van der Waals surface area contributed by atoms with E-state index < -0.39 is 0 Å². The number of morpholine rings is 1. The molecule has 0 amide bonds. The summed E-state index contributed by atoms with van der Waals surface area (Å²) in [7, 11) is 0. The molecule has 0 aliphatic carbocycles. The molecule has 3 nitrogen and oxygen atoms in total. The number of ether oxygens (including phenoxy) is 1. The molecule has 1 fully saturated rings. The second-order valence-corrected chi connectivity index (χ2v) is 7.42. The minimum Gasteiger partial charge on any atom is -0.373 e. The van der Waals surface area contributed by atoms with Crippen molar-refractivity contribution in [3.8, 4) is 0 Å². The monoisotopic (exact) mass is 270 g/mol. The lowest BCUT2D eigenvalue weighted by atomic mass is 9.84. The molecule has 1 saturated heterocycles. The standard InChI is InChI=1S/C16H34N2O/c1-7-8-16(6,11-17-14(2)3)13-18-9-10-19-15(4,5)12-18/h14,17H,7-13H2,1-6H3. The van der Waals surface area contributed by atoms with Crippen molar-refractivity contribution in [2.75, 3.05) is 32.8 Å². The summed E-state index contributed by atoms with van der Waals surface area (Å²) in [4.78, 5) is 2.58. The largest absolute Gasteiger partial charge is 0.373 e. The third-order valence-corrected chi connectivity index (χ3v) is 3.90. The number of rotatable bonds is 7. The van der Waals surface area contributed by atoms with Gasteiger partial charge in [-0.25, -0.2) is 0 Å². The molecule has 1 aliphatic rings. The molecule has 1 unspecified atom stereocenters.